The summed E-state index contributed by atoms with van der Waals surface area (Å²) in [6.45, 7) is 0.414. The highest BCUT2D eigenvalue weighted by atomic mass is 35.5. The summed E-state index contributed by atoms with van der Waals surface area (Å²) in [5.41, 5.74) is 2.33. The minimum absolute atomic E-state index is 0.0786. The van der Waals surface area contributed by atoms with Gasteiger partial charge in [0.15, 0.2) is 5.78 Å². The van der Waals surface area contributed by atoms with Gasteiger partial charge in [-0.3, -0.25) is 4.79 Å². The van der Waals surface area contributed by atoms with E-state index in [0.717, 1.165) is 17.5 Å². The maximum absolute atomic E-state index is 13.5. The Morgan fingerprint density at radius 3 is 2.06 bits per heavy atom. The Morgan fingerprint density at radius 2 is 1.44 bits per heavy atom. The van der Waals surface area contributed by atoms with Crippen LogP contribution in [0.4, 0.5) is 0 Å². The number of hydrogen-bond donors (Lipinski definition) is 0. The van der Waals surface area contributed by atoms with Gasteiger partial charge in [-0.2, -0.15) is 4.31 Å². The van der Waals surface area contributed by atoms with E-state index in [1.807, 2.05) is 60.0 Å². The molecule has 0 aliphatic heterocycles. The van der Waals surface area contributed by atoms with Crippen LogP contribution in [0.15, 0.2) is 101 Å². The van der Waals surface area contributed by atoms with Gasteiger partial charge < -0.3 is 0 Å². The molecule has 0 N–H and O–H groups in total. The predicted octanol–water partition coefficient (Wildman–Crippen LogP) is 6.61. The van der Waals surface area contributed by atoms with Crippen molar-refractivity contribution in [3.05, 3.63) is 123 Å². The highest BCUT2D eigenvalue weighted by Crippen LogP contribution is 2.23. The normalized spacial score (nSPS) is 11.6. The van der Waals surface area contributed by atoms with Crippen LogP contribution < -0.4 is 0 Å². The van der Waals surface area contributed by atoms with Crippen LogP contribution in [-0.4, -0.2) is 18.5 Å². The molecule has 4 aromatic rings. The molecule has 3 aromatic carbocycles. The van der Waals surface area contributed by atoms with E-state index >= 15 is 0 Å². The molecule has 0 aliphatic carbocycles. The standard InChI is InChI=1S/C27H24ClNO3S2/c28-24-12-15-26(16-13-24)34(31,32)29(19-21-5-2-1-3-6-21)20-22-8-10-23(11-9-22)27(30)17-14-25-7-4-18-33-25/h1-13,15-16,18H,14,17,19-20H2. The molecule has 0 unspecified atom stereocenters. The smallest absolute Gasteiger partial charge is 0.243 e. The molecule has 0 radical (unpaired) electrons. The van der Waals surface area contributed by atoms with Crippen molar-refractivity contribution in [1.29, 1.82) is 0 Å². The number of rotatable bonds is 10. The van der Waals surface area contributed by atoms with Crippen LogP contribution >= 0.6 is 22.9 Å². The van der Waals surface area contributed by atoms with Gasteiger partial charge in [0.2, 0.25) is 10.0 Å². The first kappa shape index (κ1) is 24.4. The van der Waals surface area contributed by atoms with Crippen LogP contribution in [-0.2, 0) is 29.5 Å². The van der Waals surface area contributed by atoms with Gasteiger partial charge in [-0.25, -0.2) is 8.42 Å². The SMILES string of the molecule is O=C(CCc1cccs1)c1ccc(CN(Cc2ccccc2)S(=O)(=O)c2ccc(Cl)cc2)cc1. The highest BCUT2D eigenvalue weighted by Gasteiger charge is 2.25. The Balaban J connectivity index is 1.52. The Bertz CT molecular complexity index is 1320. The molecule has 7 heteroatoms. The predicted molar refractivity (Wildman–Crippen MR) is 138 cm³/mol. The number of hydrogen-bond acceptors (Lipinski definition) is 4. The second-order valence-corrected chi connectivity index (χ2v) is 11.3. The van der Waals surface area contributed by atoms with E-state index in [4.69, 9.17) is 11.6 Å². The molecule has 174 valence electrons. The molecule has 0 fully saturated rings. The zero-order valence-corrected chi connectivity index (χ0v) is 20.8. The third-order valence-electron chi connectivity index (χ3n) is 5.47. The minimum Gasteiger partial charge on any atom is -0.294 e. The quantitative estimate of drug-likeness (QED) is 0.226. The first-order valence-corrected chi connectivity index (χ1v) is 13.6. The zero-order chi connectivity index (χ0) is 24.0. The van der Waals surface area contributed by atoms with Gasteiger partial charge in [0, 0.05) is 35.0 Å². The summed E-state index contributed by atoms with van der Waals surface area (Å²) in [4.78, 5) is 14.0. The molecule has 34 heavy (non-hydrogen) atoms. The van der Waals surface area contributed by atoms with Gasteiger partial charge in [0.25, 0.3) is 0 Å². The van der Waals surface area contributed by atoms with Gasteiger partial charge in [0.1, 0.15) is 0 Å². The molecule has 4 nitrogen and oxygen atoms in total. The van der Waals surface area contributed by atoms with E-state index in [9.17, 15) is 13.2 Å². The summed E-state index contributed by atoms with van der Waals surface area (Å²) >= 11 is 7.61. The van der Waals surface area contributed by atoms with Crippen LogP contribution in [0.1, 0.15) is 32.8 Å². The van der Waals surface area contributed by atoms with Gasteiger partial charge in [-0.1, -0.05) is 72.3 Å². The number of thiophene rings is 1. The largest absolute Gasteiger partial charge is 0.294 e. The molecule has 0 saturated carbocycles. The summed E-state index contributed by atoms with van der Waals surface area (Å²) in [5.74, 6) is 0.0786. The molecular formula is C27H24ClNO3S2. The third kappa shape index (κ3) is 6.21. The van der Waals surface area contributed by atoms with E-state index in [0.29, 0.717) is 17.0 Å². The van der Waals surface area contributed by atoms with Crippen molar-refractivity contribution in [2.75, 3.05) is 0 Å². The molecule has 4 rings (SSSR count). The third-order valence-corrected chi connectivity index (χ3v) is 8.46. The summed E-state index contributed by atoms with van der Waals surface area (Å²) < 4.78 is 28.4. The Kier molecular flexibility index (Phi) is 7.95. The molecule has 0 amide bonds. The maximum Gasteiger partial charge on any atom is 0.243 e. The highest BCUT2D eigenvalue weighted by molar-refractivity contribution is 7.89. The summed E-state index contributed by atoms with van der Waals surface area (Å²) in [5, 5.41) is 2.49. The second kappa shape index (κ2) is 11.1. The summed E-state index contributed by atoms with van der Waals surface area (Å²) in [7, 11) is -3.77. The first-order chi connectivity index (χ1) is 16.4. The van der Waals surface area contributed by atoms with E-state index in [-0.39, 0.29) is 23.8 Å². The van der Waals surface area contributed by atoms with E-state index < -0.39 is 10.0 Å². The van der Waals surface area contributed by atoms with Crippen molar-refractivity contribution in [1.82, 2.24) is 4.31 Å². The van der Waals surface area contributed by atoms with Gasteiger partial charge in [-0.15, -0.1) is 11.3 Å². The number of aryl methyl sites for hydroxylation is 1. The Hall–Kier alpha value is -2.77. The number of benzene rings is 3. The number of ketones is 1. The maximum atomic E-state index is 13.5. The van der Waals surface area contributed by atoms with E-state index in [1.54, 1.807) is 35.6 Å². The van der Waals surface area contributed by atoms with Crippen molar-refractivity contribution in [3.63, 3.8) is 0 Å². The average molecular weight is 510 g/mol. The first-order valence-electron chi connectivity index (χ1n) is 10.9. The van der Waals surface area contributed by atoms with Gasteiger partial charge >= 0.3 is 0 Å². The van der Waals surface area contributed by atoms with Crippen molar-refractivity contribution in [2.45, 2.75) is 30.8 Å². The van der Waals surface area contributed by atoms with Crippen molar-refractivity contribution in [3.8, 4) is 0 Å². The molecule has 0 spiro atoms. The fourth-order valence-corrected chi connectivity index (χ4v) is 5.86. The van der Waals surface area contributed by atoms with E-state index in [2.05, 4.69) is 0 Å². The fourth-order valence-electron chi connectivity index (χ4n) is 3.60. The number of nitrogens with zero attached hydrogens (tertiary/aromatic N) is 1. The van der Waals surface area contributed by atoms with Gasteiger partial charge in [0.05, 0.1) is 4.90 Å². The number of sulfonamides is 1. The Labute approximate surface area is 209 Å². The van der Waals surface area contributed by atoms with Crippen molar-refractivity contribution >= 4 is 38.7 Å². The molecule has 1 heterocycles. The lowest BCUT2D eigenvalue weighted by Gasteiger charge is -2.23. The second-order valence-electron chi connectivity index (χ2n) is 7.91. The minimum atomic E-state index is -3.77. The molecule has 1 aromatic heterocycles. The van der Waals surface area contributed by atoms with Crippen LogP contribution in [0.5, 0.6) is 0 Å². The lowest BCUT2D eigenvalue weighted by molar-refractivity contribution is 0.0983. The lowest BCUT2D eigenvalue weighted by Crippen LogP contribution is -2.30. The number of halogens is 1. The van der Waals surface area contributed by atoms with Crippen LogP contribution in [0, 0.1) is 0 Å². The summed E-state index contributed by atoms with van der Waals surface area (Å²) in [6.07, 6.45) is 1.17. The summed E-state index contributed by atoms with van der Waals surface area (Å²) in [6, 6.07) is 26.9. The monoisotopic (exact) mass is 509 g/mol. The van der Waals surface area contributed by atoms with Crippen LogP contribution in [0.25, 0.3) is 0 Å². The topological polar surface area (TPSA) is 54.5 Å². The Morgan fingerprint density at radius 1 is 0.794 bits per heavy atom. The van der Waals surface area contributed by atoms with Crippen LogP contribution in [0.2, 0.25) is 5.02 Å². The molecule has 0 aliphatic rings. The molecular weight excluding hydrogens is 486 g/mol. The fraction of sp³-hybridized carbons (Fsp3) is 0.148. The van der Waals surface area contributed by atoms with E-state index in [1.165, 1.54) is 21.3 Å². The van der Waals surface area contributed by atoms with Crippen molar-refractivity contribution in [2.24, 2.45) is 0 Å². The zero-order valence-electron chi connectivity index (χ0n) is 18.4. The molecule has 0 bridgehead atoms. The lowest BCUT2D eigenvalue weighted by atomic mass is 10.0. The molecule has 0 saturated heterocycles. The number of carbonyl (C=O) groups excluding carboxylic acids is 1. The number of carbonyl (C=O) groups is 1. The van der Waals surface area contributed by atoms with Crippen molar-refractivity contribution < 1.29 is 13.2 Å². The van der Waals surface area contributed by atoms with Crippen LogP contribution in [0.3, 0.4) is 0 Å². The average Bonchev–Trinajstić information content (AvgIpc) is 3.37. The number of Topliss-reactive ketones (excluding diaryl/α,β-unsaturated/α-hetero) is 1. The molecule has 0 atom stereocenters. The van der Waals surface area contributed by atoms with Gasteiger partial charge in [-0.05, 0) is 53.3 Å².